The van der Waals surface area contributed by atoms with Crippen LogP contribution < -0.4 is 0 Å². The van der Waals surface area contributed by atoms with Crippen LogP contribution in [0, 0.1) is 5.92 Å². The van der Waals surface area contributed by atoms with E-state index >= 15 is 0 Å². The van der Waals surface area contributed by atoms with Gasteiger partial charge in [0.2, 0.25) is 0 Å². The zero-order valence-corrected chi connectivity index (χ0v) is 11.2. The molecule has 0 saturated heterocycles. The Kier molecular flexibility index (Phi) is 3.58. The molecule has 1 heteroatoms. The van der Waals surface area contributed by atoms with Crippen molar-refractivity contribution in [3.63, 3.8) is 0 Å². The van der Waals surface area contributed by atoms with Gasteiger partial charge in [-0.25, -0.2) is 0 Å². The second kappa shape index (κ2) is 4.81. The average molecular weight is 232 g/mol. The first-order valence-corrected chi connectivity index (χ1v) is 6.84. The Morgan fingerprint density at radius 3 is 2.41 bits per heavy atom. The Hall–Kier alpha value is -0.820. The van der Waals surface area contributed by atoms with Gasteiger partial charge in [0.1, 0.15) is 0 Å². The topological polar surface area (TPSA) is 20.2 Å². The van der Waals surface area contributed by atoms with Gasteiger partial charge in [-0.15, -0.1) is 0 Å². The molecule has 2 unspecified atom stereocenters. The number of hydrogen-bond donors (Lipinski definition) is 1. The molecule has 0 spiro atoms. The summed E-state index contributed by atoms with van der Waals surface area (Å²) in [7, 11) is 0. The molecule has 0 amide bonds. The van der Waals surface area contributed by atoms with Crippen molar-refractivity contribution in [2.24, 2.45) is 5.92 Å². The summed E-state index contributed by atoms with van der Waals surface area (Å²) >= 11 is 0. The predicted molar refractivity (Wildman–Crippen MR) is 72.1 cm³/mol. The fraction of sp³-hybridized carbons (Fsp3) is 0.625. The van der Waals surface area contributed by atoms with Crippen molar-refractivity contribution in [2.75, 3.05) is 0 Å². The molecule has 2 atom stereocenters. The third-order valence-corrected chi connectivity index (χ3v) is 4.09. The average Bonchev–Trinajstić information content (AvgIpc) is 2.29. The molecule has 1 aliphatic rings. The molecule has 1 aliphatic carbocycles. The summed E-state index contributed by atoms with van der Waals surface area (Å²) in [5.41, 5.74) is 1.88. The summed E-state index contributed by atoms with van der Waals surface area (Å²) in [4.78, 5) is 0. The normalized spacial score (nSPS) is 29.6. The van der Waals surface area contributed by atoms with Gasteiger partial charge in [-0.1, -0.05) is 51.5 Å². The zero-order chi connectivity index (χ0) is 12.5. The first-order valence-electron chi connectivity index (χ1n) is 6.84. The van der Waals surface area contributed by atoms with Crippen LogP contribution in [0.1, 0.15) is 63.5 Å². The Bertz CT molecular complexity index is 366. The molecule has 1 fully saturated rings. The van der Waals surface area contributed by atoms with Crippen LogP contribution in [0.5, 0.6) is 0 Å². The van der Waals surface area contributed by atoms with Gasteiger partial charge in [-0.3, -0.25) is 0 Å². The van der Waals surface area contributed by atoms with Crippen molar-refractivity contribution < 1.29 is 5.11 Å². The van der Waals surface area contributed by atoms with Gasteiger partial charge in [-0.05, 0) is 42.2 Å². The maximum Gasteiger partial charge on any atom is 0.0899 e. The lowest BCUT2D eigenvalue weighted by molar-refractivity contribution is -0.0178. The van der Waals surface area contributed by atoms with Gasteiger partial charge in [0.05, 0.1) is 5.60 Å². The zero-order valence-electron chi connectivity index (χ0n) is 11.2. The molecule has 1 aromatic carbocycles. The fourth-order valence-corrected chi connectivity index (χ4v) is 2.96. The van der Waals surface area contributed by atoms with Crippen LogP contribution in [0.2, 0.25) is 0 Å². The van der Waals surface area contributed by atoms with Gasteiger partial charge < -0.3 is 5.11 Å². The van der Waals surface area contributed by atoms with E-state index in [1.54, 1.807) is 0 Å². The summed E-state index contributed by atoms with van der Waals surface area (Å²) in [5.74, 6) is 1.20. The molecular weight excluding hydrogens is 208 g/mol. The van der Waals surface area contributed by atoms with Gasteiger partial charge in [0, 0.05) is 0 Å². The Morgan fingerprint density at radius 2 is 1.88 bits per heavy atom. The van der Waals surface area contributed by atoms with Crippen LogP contribution in [0.4, 0.5) is 0 Å². The minimum absolute atomic E-state index is 0.559. The van der Waals surface area contributed by atoms with Crippen molar-refractivity contribution in [1.82, 2.24) is 0 Å². The van der Waals surface area contributed by atoms with Crippen LogP contribution in [-0.4, -0.2) is 5.11 Å². The summed E-state index contributed by atoms with van der Waals surface area (Å²) < 4.78 is 0. The Balaban J connectivity index is 2.21. The van der Waals surface area contributed by atoms with Gasteiger partial charge in [-0.2, -0.15) is 0 Å². The highest BCUT2D eigenvalue weighted by Crippen LogP contribution is 2.39. The van der Waals surface area contributed by atoms with E-state index in [4.69, 9.17) is 0 Å². The lowest BCUT2D eigenvalue weighted by Gasteiger charge is -2.36. The summed E-state index contributed by atoms with van der Waals surface area (Å²) in [6.07, 6.45) is 4.22. The lowest BCUT2D eigenvalue weighted by Crippen LogP contribution is -2.31. The minimum Gasteiger partial charge on any atom is -0.385 e. The number of aliphatic hydroxyl groups is 1. The highest BCUT2D eigenvalue weighted by molar-refractivity contribution is 5.29. The quantitative estimate of drug-likeness (QED) is 0.810. The largest absolute Gasteiger partial charge is 0.385 e. The van der Waals surface area contributed by atoms with Crippen LogP contribution in [-0.2, 0) is 5.60 Å². The van der Waals surface area contributed by atoms with Crippen molar-refractivity contribution in [3.05, 3.63) is 35.4 Å². The van der Waals surface area contributed by atoms with E-state index < -0.39 is 5.60 Å². The molecule has 1 saturated carbocycles. The third-order valence-electron chi connectivity index (χ3n) is 4.09. The molecule has 94 valence electrons. The first-order chi connectivity index (χ1) is 8.01. The standard InChI is InChI=1S/C16H24O/c1-12(2)14-6-8-15(9-7-14)16(17)10-4-5-13(3)11-16/h6-9,12-13,17H,4-5,10-11H2,1-3H3. The summed E-state index contributed by atoms with van der Waals surface area (Å²) in [5, 5.41) is 10.7. The summed E-state index contributed by atoms with van der Waals surface area (Å²) in [6, 6.07) is 8.56. The van der Waals surface area contributed by atoms with E-state index in [-0.39, 0.29) is 0 Å². The van der Waals surface area contributed by atoms with Gasteiger partial charge in [0.15, 0.2) is 0 Å². The van der Waals surface area contributed by atoms with E-state index in [1.807, 2.05) is 0 Å². The maximum absolute atomic E-state index is 10.7. The van der Waals surface area contributed by atoms with Crippen molar-refractivity contribution >= 4 is 0 Å². The van der Waals surface area contributed by atoms with Gasteiger partial charge in [0.25, 0.3) is 0 Å². The molecule has 1 aromatic rings. The van der Waals surface area contributed by atoms with Crippen molar-refractivity contribution in [1.29, 1.82) is 0 Å². The molecule has 1 N–H and O–H groups in total. The van der Waals surface area contributed by atoms with Crippen LogP contribution in [0.3, 0.4) is 0 Å². The molecule has 0 heterocycles. The lowest BCUT2D eigenvalue weighted by atomic mass is 9.75. The van der Waals surface area contributed by atoms with E-state index in [0.717, 1.165) is 24.8 Å². The van der Waals surface area contributed by atoms with Gasteiger partial charge >= 0.3 is 0 Å². The van der Waals surface area contributed by atoms with Crippen molar-refractivity contribution in [2.45, 2.75) is 58.0 Å². The van der Waals surface area contributed by atoms with E-state index in [0.29, 0.717) is 11.8 Å². The number of hydrogen-bond acceptors (Lipinski definition) is 1. The fourth-order valence-electron chi connectivity index (χ4n) is 2.96. The summed E-state index contributed by atoms with van der Waals surface area (Å²) in [6.45, 7) is 6.64. The van der Waals surface area contributed by atoms with Crippen LogP contribution >= 0.6 is 0 Å². The molecule has 0 bridgehead atoms. The molecule has 17 heavy (non-hydrogen) atoms. The molecule has 0 radical (unpaired) electrons. The van der Waals surface area contributed by atoms with E-state index in [1.165, 1.54) is 12.0 Å². The molecule has 2 rings (SSSR count). The Labute approximate surface area is 105 Å². The highest BCUT2D eigenvalue weighted by atomic mass is 16.3. The van der Waals surface area contributed by atoms with E-state index in [9.17, 15) is 5.11 Å². The third kappa shape index (κ3) is 2.71. The SMILES string of the molecule is CC1CCCC(O)(c2ccc(C(C)C)cc2)C1. The maximum atomic E-state index is 10.7. The van der Waals surface area contributed by atoms with Crippen molar-refractivity contribution in [3.8, 4) is 0 Å². The Morgan fingerprint density at radius 1 is 1.24 bits per heavy atom. The molecule has 0 aliphatic heterocycles. The second-order valence-corrected chi connectivity index (χ2v) is 6.01. The second-order valence-electron chi connectivity index (χ2n) is 6.01. The van der Waals surface area contributed by atoms with Crippen LogP contribution in [0.25, 0.3) is 0 Å². The minimum atomic E-state index is -0.576. The smallest absolute Gasteiger partial charge is 0.0899 e. The first kappa shape index (κ1) is 12.6. The molecule has 0 aromatic heterocycles. The predicted octanol–water partition coefficient (Wildman–Crippen LogP) is 4.21. The highest BCUT2D eigenvalue weighted by Gasteiger charge is 2.34. The number of benzene rings is 1. The van der Waals surface area contributed by atoms with Crippen LogP contribution in [0.15, 0.2) is 24.3 Å². The molecular formula is C16H24O. The number of rotatable bonds is 2. The monoisotopic (exact) mass is 232 g/mol. The molecule has 1 nitrogen and oxygen atoms in total. The van der Waals surface area contributed by atoms with E-state index in [2.05, 4.69) is 45.0 Å².